The van der Waals surface area contributed by atoms with Gasteiger partial charge in [0.1, 0.15) is 18.7 Å². The number of carbonyl (C=O) groups is 2. The van der Waals surface area contributed by atoms with Crippen molar-refractivity contribution >= 4 is 40.7 Å². The lowest BCUT2D eigenvalue weighted by molar-refractivity contribution is -0.116. The maximum absolute atomic E-state index is 15.7. The number of nitrogens with zero attached hydrogens (tertiary/aromatic N) is 9. The van der Waals surface area contributed by atoms with Crippen LogP contribution in [0.2, 0.25) is 5.02 Å². The Balaban J connectivity index is 1.09. The van der Waals surface area contributed by atoms with Crippen LogP contribution in [0, 0.1) is 17.5 Å². The van der Waals surface area contributed by atoms with E-state index >= 15 is 13.2 Å². The molecule has 5 aromatic rings. The van der Waals surface area contributed by atoms with Gasteiger partial charge in [0.25, 0.3) is 11.5 Å². The fourth-order valence-electron chi connectivity index (χ4n) is 9.09. The van der Waals surface area contributed by atoms with Gasteiger partial charge in [0.2, 0.25) is 11.7 Å². The Morgan fingerprint density at radius 1 is 1.05 bits per heavy atom. The first-order valence-electron chi connectivity index (χ1n) is 19.8. The smallest absolute Gasteiger partial charge is 0.279 e. The molecule has 2 amide bonds. The third-order valence-corrected chi connectivity index (χ3v) is 12.5. The SMILES string of the molecule is CC1CC2(CCN(C(=O)c3ncnc(N4CCC4)c3O)CC2)c2c1n(CC(=O)Nc1cc(F)c(C3CC3)cc1Cl)c1nc(-c3ccc(CN(C)C)c(F)c3F)nn1c2=O. The van der Waals surface area contributed by atoms with Gasteiger partial charge >= 0.3 is 0 Å². The summed E-state index contributed by atoms with van der Waals surface area (Å²) in [4.78, 5) is 60.4. The summed E-state index contributed by atoms with van der Waals surface area (Å²) in [7, 11) is 3.46. The summed E-state index contributed by atoms with van der Waals surface area (Å²) in [5.74, 6) is -4.22. The number of hydrogen-bond donors (Lipinski definition) is 2. The Hall–Kier alpha value is -5.55. The number of aromatic nitrogens is 6. The molecule has 2 N–H and O–H groups in total. The minimum absolute atomic E-state index is 0.0637. The molecule has 1 saturated carbocycles. The predicted molar refractivity (Wildman–Crippen MR) is 212 cm³/mol. The molecule has 1 unspecified atom stereocenters. The Bertz CT molecular complexity index is 2620. The highest BCUT2D eigenvalue weighted by Crippen LogP contribution is 2.51. The van der Waals surface area contributed by atoms with Crippen LogP contribution in [-0.2, 0) is 23.3 Å². The number of likely N-dealkylation sites (tertiary alicyclic amines) is 1. The van der Waals surface area contributed by atoms with Crippen molar-refractivity contribution in [1.82, 2.24) is 38.9 Å². The highest BCUT2D eigenvalue weighted by atomic mass is 35.5. The molecule has 9 rings (SSSR count). The van der Waals surface area contributed by atoms with Gasteiger partial charge in [-0.2, -0.15) is 9.50 Å². The van der Waals surface area contributed by atoms with E-state index in [1.807, 2.05) is 11.8 Å². The monoisotopic (exact) mass is 830 g/mol. The maximum atomic E-state index is 15.7. The van der Waals surface area contributed by atoms with E-state index in [2.05, 4.69) is 25.4 Å². The summed E-state index contributed by atoms with van der Waals surface area (Å²) in [6.45, 7) is 3.59. The van der Waals surface area contributed by atoms with E-state index in [0.717, 1.165) is 36.9 Å². The van der Waals surface area contributed by atoms with E-state index in [1.165, 1.54) is 30.6 Å². The summed E-state index contributed by atoms with van der Waals surface area (Å²) < 4.78 is 48.7. The summed E-state index contributed by atoms with van der Waals surface area (Å²) >= 11 is 6.52. The van der Waals surface area contributed by atoms with Crippen molar-refractivity contribution in [2.24, 2.45) is 0 Å². The number of benzene rings is 2. The fraction of sp³-hybridized carbons (Fsp3) is 0.439. The van der Waals surface area contributed by atoms with Crippen LogP contribution in [0.1, 0.15) is 90.2 Å². The van der Waals surface area contributed by atoms with Gasteiger partial charge in [-0.15, -0.1) is 5.10 Å². The van der Waals surface area contributed by atoms with Crippen LogP contribution in [0.4, 0.5) is 24.7 Å². The van der Waals surface area contributed by atoms with Crippen LogP contribution < -0.4 is 15.8 Å². The lowest BCUT2D eigenvalue weighted by Crippen LogP contribution is -2.47. The van der Waals surface area contributed by atoms with Gasteiger partial charge in [-0.3, -0.25) is 14.4 Å². The molecule has 18 heteroatoms. The standard InChI is InChI=1S/C41H42ClF3N10O4/c1-21-17-41(9-13-53(14-10-41)39(59)33-35(57)37(47-20-46-33)52-11-4-12-52)30-34(21)54(19-29(56)48-28-16-27(43)25(15-26(28)42)22-5-6-22)40-49-36(50-55(40)38(30)58)24-8-7-23(18-51(2)3)31(44)32(24)45/h7-8,15-16,20-22,57H,4-6,9-14,17-19H2,1-3H3,(H,48,56). The van der Waals surface area contributed by atoms with Crippen molar-refractivity contribution in [2.45, 2.75) is 75.8 Å². The van der Waals surface area contributed by atoms with Crippen molar-refractivity contribution in [2.75, 3.05) is 50.5 Å². The second-order valence-electron chi connectivity index (χ2n) is 16.5. The number of amides is 2. The summed E-state index contributed by atoms with van der Waals surface area (Å²) in [6, 6.07) is 5.53. The van der Waals surface area contributed by atoms with Gasteiger partial charge in [0.05, 0.1) is 16.3 Å². The lowest BCUT2D eigenvalue weighted by Gasteiger charge is -2.39. The fourth-order valence-corrected chi connectivity index (χ4v) is 9.31. The van der Waals surface area contributed by atoms with E-state index < -0.39 is 46.8 Å². The Kier molecular flexibility index (Phi) is 9.65. The molecule has 59 heavy (non-hydrogen) atoms. The van der Waals surface area contributed by atoms with Crippen molar-refractivity contribution in [3.8, 4) is 17.1 Å². The minimum Gasteiger partial charge on any atom is -0.503 e. The predicted octanol–water partition coefficient (Wildman–Crippen LogP) is 5.59. The number of hydrogen-bond acceptors (Lipinski definition) is 10. The van der Waals surface area contributed by atoms with E-state index in [1.54, 1.807) is 28.5 Å². The van der Waals surface area contributed by atoms with Crippen LogP contribution in [0.5, 0.6) is 5.75 Å². The van der Waals surface area contributed by atoms with Gasteiger partial charge < -0.3 is 29.7 Å². The highest BCUT2D eigenvalue weighted by molar-refractivity contribution is 6.33. The van der Waals surface area contributed by atoms with E-state index in [-0.39, 0.29) is 76.4 Å². The van der Waals surface area contributed by atoms with Gasteiger partial charge in [0, 0.05) is 55.0 Å². The average Bonchev–Trinajstić information content (AvgIpc) is 3.85. The second kappa shape index (κ2) is 14.6. The topological polar surface area (TPSA) is 154 Å². The molecule has 1 spiro atoms. The average molecular weight is 831 g/mol. The number of halogens is 4. The molecule has 308 valence electrons. The van der Waals surface area contributed by atoms with Crippen molar-refractivity contribution in [3.63, 3.8) is 0 Å². The number of rotatable bonds is 9. The normalized spacial score (nSPS) is 18.5. The minimum atomic E-state index is -1.18. The van der Waals surface area contributed by atoms with Gasteiger partial charge in [-0.05, 0) is 88.2 Å². The first-order chi connectivity index (χ1) is 28.2. The van der Waals surface area contributed by atoms with E-state index in [9.17, 15) is 19.5 Å². The molecule has 3 aromatic heterocycles. The quantitative estimate of drug-likeness (QED) is 0.192. The van der Waals surface area contributed by atoms with Crippen LogP contribution in [-0.4, -0.2) is 96.1 Å². The van der Waals surface area contributed by atoms with Crippen molar-refractivity contribution in [1.29, 1.82) is 0 Å². The molecule has 2 saturated heterocycles. The van der Waals surface area contributed by atoms with E-state index in [4.69, 9.17) is 11.6 Å². The third kappa shape index (κ3) is 6.67. The number of anilines is 2. The molecule has 4 aliphatic rings. The molecule has 2 aliphatic heterocycles. The summed E-state index contributed by atoms with van der Waals surface area (Å²) in [5, 5.41) is 18.3. The largest absolute Gasteiger partial charge is 0.503 e. The Morgan fingerprint density at radius 3 is 2.47 bits per heavy atom. The second-order valence-corrected chi connectivity index (χ2v) is 16.9. The Morgan fingerprint density at radius 2 is 1.80 bits per heavy atom. The number of aromatic hydroxyl groups is 1. The van der Waals surface area contributed by atoms with Crippen LogP contribution in [0.15, 0.2) is 35.4 Å². The van der Waals surface area contributed by atoms with Crippen LogP contribution in [0.25, 0.3) is 17.2 Å². The zero-order valence-electron chi connectivity index (χ0n) is 32.7. The van der Waals surface area contributed by atoms with Crippen LogP contribution in [0.3, 0.4) is 0 Å². The molecule has 2 aliphatic carbocycles. The zero-order chi connectivity index (χ0) is 41.5. The highest BCUT2D eigenvalue weighted by Gasteiger charge is 2.49. The molecule has 1 atom stereocenters. The molecule has 0 radical (unpaired) electrons. The van der Waals surface area contributed by atoms with Gasteiger partial charge in [-0.1, -0.05) is 24.6 Å². The maximum Gasteiger partial charge on any atom is 0.279 e. The van der Waals surface area contributed by atoms with Crippen molar-refractivity contribution < 1.29 is 27.9 Å². The molecule has 14 nitrogen and oxygen atoms in total. The number of nitrogens with one attached hydrogen (secondary N) is 1. The molecular formula is C41H42ClF3N10O4. The van der Waals surface area contributed by atoms with Gasteiger partial charge in [-0.25, -0.2) is 23.1 Å². The first kappa shape index (κ1) is 38.9. The Labute approximate surface area is 341 Å². The third-order valence-electron chi connectivity index (χ3n) is 12.2. The molecule has 5 heterocycles. The van der Waals surface area contributed by atoms with Gasteiger partial charge in [0.15, 0.2) is 34.7 Å². The molecule has 3 fully saturated rings. The number of carbonyl (C=O) groups excluding carboxylic acids is 2. The van der Waals surface area contributed by atoms with Crippen LogP contribution >= 0.6 is 11.6 Å². The molecule has 2 aromatic carbocycles. The number of piperidine rings is 1. The summed E-state index contributed by atoms with van der Waals surface area (Å²) in [5.41, 5.74) is -0.00405. The molecule has 0 bridgehead atoms. The molecular weight excluding hydrogens is 789 g/mol. The number of fused-ring (bicyclic) bond motifs is 3. The first-order valence-corrected chi connectivity index (χ1v) is 20.2. The summed E-state index contributed by atoms with van der Waals surface area (Å²) in [6.07, 6.45) is 5.19. The van der Waals surface area contributed by atoms with Crippen molar-refractivity contribution in [3.05, 3.63) is 91.5 Å². The zero-order valence-corrected chi connectivity index (χ0v) is 33.5. The lowest BCUT2D eigenvalue weighted by atomic mass is 9.73. The van der Waals surface area contributed by atoms with E-state index in [0.29, 0.717) is 41.9 Å².